The van der Waals surface area contributed by atoms with Gasteiger partial charge in [-0.1, -0.05) is 30.3 Å². The maximum atomic E-state index is 12.4. The van der Waals surface area contributed by atoms with Gasteiger partial charge >= 0.3 is 0 Å². The average molecular weight is 264 g/mol. The summed E-state index contributed by atoms with van der Waals surface area (Å²) in [6.07, 6.45) is 2.99. The van der Waals surface area contributed by atoms with Gasteiger partial charge in [-0.05, 0) is 24.6 Å². The second kappa shape index (κ2) is 4.74. The molecule has 0 saturated carbocycles. The number of rotatable bonds is 2. The summed E-state index contributed by atoms with van der Waals surface area (Å²) in [5, 5.41) is 0. The summed E-state index contributed by atoms with van der Waals surface area (Å²) in [6, 6.07) is 12.3. The van der Waals surface area contributed by atoms with E-state index in [-0.39, 0.29) is 16.9 Å². The van der Waals surface area contributed by atoms with Gasteiger partial charge in [0.1, 0.15) is 11.2 Å². The van der Waals surface area contributed by atoms with Crippen LogP contribution in [0.5, 0.6) is 0 Å². The Labute approximate surface area is 115 Å². The first-order chi connectivity index (χ1) is 9.66. The Morgan fingerprint density at radius 3 is 2.65 bits per heavy atom. The first-order valence-electron chi connectivity index (χ1n) is 6.24. The van der Waals surface area contributed by atoms with E-state index in [0.717, 1.165) is 5.56 Å². The zero-order valence-electron chi connectivity index (χ0n) is 10.9. The fourth-order valence-electron chi connectivity index (χ4n) is 2.08. The highest BCUT2D eigenvalue weighted by Gasteiger charge is 2.14. The van der Waals surface area contributed by atoms with E-state index in [1.165, 1.54) is 10.6 Å². The van der Waals surface area contributed by atoms with Crippen LogP contribution in [0.25, 0.3) is 5.65 Å². The number of carbonyl (C=O) groups excluding carboxylic acids is 1. The Balaban J connectivity index is 2.19. The van der Waals surface area contributed by atoms with Crippen molar-refractivity contribution in [2.45, 2.75) is 6.92 Å². The van der Waals surface area contributed by atoms with Gasteiger partial charge in [0, 0.05) is 18.0 Å². The van der Waals surface area contributed by atoms with Crippen LogP contribution >= 0.6 is 0 Å². The Morgan fingerprint density at radius 1 is 1.15 bits per heavy atom. The lowest BCUT2D eigenvalue weighted by Crippen LogP contribution is -2.23. The van der Waals surface area contributed by atoms with Crippen molar-refractivity contribution in [1.29, 1.82) is 0 Å². The van der Waals surface area contributed by atoms with E-state index < -0.39 is 0 Å². The minimum Gasteiger partial charge on any atom is -0.288 e. The molecule has 0 radical (unpaired) electrons. The third-order valence-electron chi connectivity index (χ3n) is 3.15. The van der Waals surface area contributed by atoms with E-state index >= 15 is 0 Å². The minimum absolute atomic E-state index is 0.0811. The van der Waals surface area contributed by atoms with E-state index in [1.807, 2.05) is 19.1 Å². The maximum absolute atomic E-state index is 12.4. The standard InChI is InChI=1S/C16H12N2O2/c1-11-7-8-18-14(9-11)17-10-13(16(18)20)15(19)12-5-3-2-4-6-12/h2-10H,1H3. The normalized spacial score (nSPS) is 10.7. The predicted molar refractivity (Wildman–Crippen MR) is 76.1 cm³/mol. The van der Waals surface area contributed by atoms with Crippen LogP contribution in [-0.2, 0) is 0 Å². The lowest BCUT2D eigenvalue weighted by Gasteiger charge is -2.04. The third kappa shape index (κ3) is 2.01. The number of nitrogens with zero attached hydrogens (tertiary/aromatic N) is 2. The van der Waals surface area contributed by atoms with Gasteiger partial charge in [-0.15, -0.1) is 0 Å². The number of benzene rings is 1. The zero-order chi connectivity index (χ0) is 14.1. The number of aryl methyl sites for hydroxylation is 1. The molecule has 0 fully saturated rings. The van der Waals surface area contributed by atoms with Crippen molar-refractivity contribution in [2.75, 3.05) is 0 Å². The van der Waals surface area contributed by atoms with Crippen molar-refractivity contribution in [3.63, 3.8) is 0 Å². The summed E-state index contributed by atoms with van der Waals surface area (Å²) in [5.74, 6) is -0.307. The Morgan fingerprint density at radius 2 is 1.90 bits per heavy atom. The van der Waals surface area contributed by atoms with Crippen LogP contribution in [0.4, 0.5) is 0 Å². The summed E-state index contributed by atoms with van der Waals surface area (Å²) in [5.41, 5.74) is 1.78. The number of hydrogen-bond donors (Lipinski definition) is 0. The van der Waals surface area contributed by atoms with Gasteiger partial charge in [0.05, 0.1) is 0 Å². The fraction of sp³-hybridized carbons (Fsp3) is 0.0625. The molecule has 0 amide bonds. The molecular weight excluding hydrogens is 252 g/mol. The van der Waals surface area contributed by atoms with E-state index in [4.69, 9.17) is 0 Å². The molecule has 4 nitrogen and oxygen atoms in total. The molecule has 1 aromatic carbocycles. The molecule has 0 saturated heterocycles. The summed E-state index contributed by atoms with van der Waals surface area (Å²) in [7, 11) is 0. The average Bonchev–Trinajstić information content (AvgIpc) is 2.48. The second-order valence-electron chi connectivity index (χ2n) is 4.60. The molecule has 3 rings (SSSR count). The van der Waals surface area contributed by atoms with Crippen LogP contribution in [-0.4, -0.2) is 15.2 Å². The topological polar surface area (TPSA) is 51.4 Å². The molecule has 3 aromatic rings. The van der Waals surface area contributed by atoms with E-state index in [0.29, 0.717) is 11.2 Å². The highest BCUT2D eigenvalue weighted by Crippen LogP contribution is 2.07. The van der Waals surface area contributed by atoms with Crippen LogP contribution in [0, 0.1) is 6.92 Å². The number of carbonyl (C=O) groups is 1. The van der Waals surface area contributed by atoms with Gasteiger partial charge in [-0.3, -0.25) is 14.0 Å². The SMILES string of the molecule is Cc1ccn2c(=O)c(C(=O)c3ccccc3)cnc2c1. The number of hydrogen-bond acceptors (Lipinski definition) is 3. The van der Waals surface area contributed by atoms with Crippen LogP contribution < -0.4 is 5.56 Å². The highest BCUT2D eigenvalue weighted by atomic mass is 16.1. The third-order valence-corrected chi connectivity index (χ3v) is 3.15. The molecule has 20 heavy (non-hydrogen) atoms. The maximum Gasteiger partial charge on any atom is 0.269 e. The summed E-state index contributed by atoms with van der Waals surface area (Å²) >= 11 is 0. The number of pyridine rings is 1. The molecule has 0 aliphatic heterocycles. The van der Waals surface area contributed by atoms with Crippen molar-refractivity contribution in [2.24, 2.45) is 0 Å². The van der Waals surface area contributed by atoms with Gasteiger partial charge in [-0.25, -0.2) is 4.98 Å². The molecule has 4 heteroatoms. The fourth-order valence-corrected chi connectivity index (χ4v) is 2.08. The quantitative estimate of drug-likeness (QED) is 0.667. The van der Waals surface area contributed by atoms with Crippen molar-refractivity contribution in [3.05, 3.63) is 81.9 Å². The number of fused-ring (bicyclic) bond motifs is 1. The Bertz CT molecular complexity index is 851. The largest absolute Gasteiger partial charge is 0.288 e. The first kappa shape index (κ1) is 12.3. The van der Waals surface area contributed by atoms with Gasteiger partial charge in [-0.2, -0.15) is 0 Å². The summed E-state index contributed by atoms with van der Waals surface area (Å²) in [4.78, 5) is 28.9. The molecule has 0 aliphatic rings. The van der Waals surface area contributed by atoms with Crippen LogP contribution in [0.1, 0.15) is 21.5 Å². The van der Waals surface area contributed by atoms with Crippen molar-refractivity contribution >= 4 is 11.4 Å². The number of aromatic nitrogens is 2. The molecule has 2 aromatic heterocycles. The van der Waals surface area contributed by atoms with Gasteiger partial charge in [0.2, 0.25) is 0 Å². The molecule has 0 unspecified atom stereocenters. The summed E-state index contributed by atoms with van der Waals surface area (Å²) < 4.78 is 1.39. The molecule has 2 heterocycles. The van der Waals surface area contributed by atoms with E-state index in [2.05, 4.69) is 4.98 Å². The molecule has 0 N–H and O–H groups in total. The van der Waals surface area contributed by atoms with Gasteiger partial charge in [0.25, 0.3) is 5.56 Å². The van der Waals surface area contributed by atoms with Crippen LogP contribution in [0.15, 0.2) is 59.7 Å². The van der Waals surface area contributed by atoms with Gasteiger partial charge in [0.15, 0.2) is 5.78 Å². The smallest absolute Gasteiger partial charge is 0.269 e. The van der Waals surface area contributed by atoms with E-state index in [9.17, 15) is 9.59 Å². The zero-order valence-corrected chi connectivity index (χ0v) is 10.9. The summed E-state index contributed by atoms with van der Waals surface area (Å²) in [6.45, 7) is 1.93. The molecule has 0 spiro atoms. The monoisotopic (exact) mass is 264 g/mol. The minimum atomic E-state index is -0.344. The molecular formula is C16H12N2O2. The van der Waals surface area contributed by atoms with Crippen molar-refractivity contribution in [3.8, 4) is 0 Å². The second-order valence-corrected chi connectivity index (χ2v) is 4.60. The number of ketones is 1. The van der Waals surface area contributed by atoms with E-state index in [1.54, 1.807) is 36.5 Å². The Kier molecular flexibility index (Phi) is 2.91. The molecule has 0 bridgehead atoms. The lowest BCUT2D eigenvalue weighted by atomic mass is 10.1. The molecule has 98 valence electrons. The predicted octanol–water partition coefficient (Wildman–Crippen LogP) is 2.23. The molecule has 0 aliphatic carbocycles. The highest BCUT2D eigenvalue weighted by molar-refractivity contribution is 6.08. The van der Waals surface area contributed by atoms with Crippen LogP contribution in [0.3, 0.4) is 0 Å². The lowest BCUT2D eigenvalue weighted by molar-refractivity contribution is 0.103. The van der Waals surface area contributed by atoms with Crippen molar-refractivity contribution in [1.82, 2.24) is 9.38 Å². The van der Waals surface area contributed by atoms with Crippen molar-refractivity contribution < 1.29 is 4.79 Å². The Hall–Kier alpha value is -2.75. The van der Waals surface area contributed by atoms with Gasteiger partial charge < -0.3 is 0 Å². The van der Waals surface area contributed by atoms with Crippen LogP contribution in [0.2, 0.25) is 0 Å². The first-order valence-corrected chi connectivity index (χ1v) is 6.24. The molecule has 0 atom stereocenters.